The number of nitrogens with zero attached hydrogens (tertiary/aromatic N) is 2. The van der Waals surface area contributed by atoms with Crippen LogP contribution in [0.1, 0.15) is 34.6 Å². The molecule has 104 valence electrons. The third kappa shape index (κ3) is 4.40. The Kier molecular flexibility index (Phi) is 5.20. The maximum atomic E-state index is 12.0. The summed E-state index contributed by atoms with van der Waals surface area (Å²) in [6, 6.07) is 0. The van der Waals surface area contributed by atoms with Crippen LogP contribution in [0.2, 0.25) is 0 Å². The van der Waals surface area contributed by atoms with E-state index in [4.69, 9.17) is 0 Å². The standard InChI is InChI=1S/C15H22N2OS/c1-7-10-17-11-14(9-8-12(17)2)13(3)16-19(18)15(4,5)6/h7-11H,2H2,1,3-6H3/b10-7-,16-13+. The smallest absolute Gasteiger partial charge is 0.144 e. The van der Waals surface area contributed by atoms with Gasteiger partial charge in [0.25, 0.3) is 0 Å². The van der Waals surface area contributed by atoms with Crippen molar-refractivity contribution >= 4 is 17.1 Å². The average Bonchev–Trinajstić information content (AvgIpc) is 2.30. The summed E-state index contributed by atoms with van der Waals surface area (Å²) in [4.78, 5) is 1.92. The van der Waals surface area contributed by atoms with Gasteiger partial charge in [0.05, 0.1) is 5.71 Å². The molecular weight excluding hydrogens is 256 g/mol. The summed E-state index contributed by atoms with van der Waals surface area (Å²) in [6.07, 6.45) is 9.69. The Morgan fingerprint density at radius 3 is 2.58 bits per heavy atom. The molecule has 19 heavy (non-hydrogen) atoms. The molecule has 1 heterocycles. The van der Waals surface area contributed by atoms with Gasteiger partial charge in [0.15, 0.2) is 0 Å². The van der Waals surface area contributed by atoms with Crippen molar-refractivity contribution in [1.29, 1.82) is 0 Å². The summed E-state index contributed by atoms with van der Waals surface area (Å²) in [7, 11) is 0. The highest BCUT2D eigenvalue weighted by atomic mass is 32.2. The largest absolute Gasteiger partial charge is 0.591 e. The molecule has 0 aromatic heterocycles. The first-order valence-electron chi connectivity index (χ1n) is 6.23. The molecule has 0 saturated heterocycles. The summed E-state index contributed by atoms with van der Waals surface area (Å²) in [5.74, 6) is 0. The Morgan fingerprint density at radius 1 is 1.42 bits per heavy atom. The molecule has 0 aromatic carbocycles. The highest BCUT2D eigenvalue weighted by Gasteiger charge is 2.27. The Hall–Kier alpha value is -1.26. The lowest BCUT2D eigenvalue weighted by atomic mass is 10.1. The van der Waals surface area contributed by atoms with Gasteiger partial charge in [-0.1, -0.05) is 17.1 Å². The van der Waals surface area contributed by atoms with Gasteiger partial charge in [-0.25, -0.2) is 0 Å². The highest BCUT2D eigenvalue weighted by molar-refractivity contribution is 7.91. The Morgan fingerprint density at radius 2 is 2.05 bits per heavy atom. The van der Waals surface area contributed by atoms with Crippen LogP contribution in [0, 0.1) is 0 Å². The van der Waals surface area contributed by atoms with Gasteiger partial charge in [0.1, 0.15) is 16.1 Å². The van der Waals surface area contributed by atoms with Crippen molar-refractivity contribution in [1.82, 2.24) is 4.90 Å². The minimum absolute atomic E-state index is 0.340. The molecule has 0 aliphatic carbocycles. The van der Waals surface area contributed by atoms with Crippen LogP contribution in [0.4, 0.5) is 0 Å². The molecule has 1 unspecified atom stereocenters. The molecular formula is C15H22N2OS. The first kappa shape index (κ1) is 15.8. The van der Waals surface area contributed by atoms with E-state index in [0.717, 1.165) is 17.0 Å². The molecule has 4 heteroatoms. The molecule has 0 amide bonds. The van der Waals surface area contributed by atoms with E-state index in [2.05, 4.69) is 11.0 Å². The van der Waals surface area contributed by atoms with Crippen LogP contribution in [0.3, 0.4) is 0 Å². The van der Waals surface area contributed by atoms with Crippen molar-refractivity contribution in [3.63, 3.8) is 0 Å². The predicted octanol–water partition coefficient (Wildman–Crippen LogP) is 3.71. The van der Waals surface area contributed by atoms with E-state index in [-0.39, 0.29) is 4.75 Å². The molecule has 3 nitrogen and oxygen atoms in total. The molecule has 0 saturated carbocycles. The van der Waals surface area contributed by atoms with Crippen LogP contribution in [-0.4, -0.2) is 19.9 Å². The summed E-state index contributed by atoms with van der Waals surface area (Å²) in [5.41, 5.74) is 2.61. The second kappa shape index (κ2) is 6.26. The quantitative estimate of drug-likeness (QED) is 0.583. The van der Waals surface area contributed by atoms with E-state index in [9.17, 15) is 4.55 Å². The zero-order valence-electron chi connectivity index (χ0n) is 12.3. The molecule has 0 radical (unpaired) electrons. The van der Waals surface area contributed by atoms with E-state index >= 15 is 0 Å². The van der Waals surface area contributed by atoms with Gasteiger partial charge in [-0.15, -0.1) is 0 Å². The Labute approximate surface area is 119 Å². The maximum absolute atomic E-state index is 12.0. The Bertz CT molecular complexity index is 467. The van der Waals surface area contributed by atoms with Gasteiger partial charge in [0.2, 0.25) is 0 Å². The zero-order chi connectivity index (χ0) is 14.6. The minimum Gasteiger partial charge on any atom is -0.591 e. The van der Waals surface area contributed by atoms with Gasteiger partial charge in [-0.05, 0) is 46.8 Å². The summed E-state index contributed by atoms with van der Waals surface area (Å²) in [6.45, 7) is 13.5. The molecule has 0 N–H and O–H groups in total. The minimum atomic E-state index is -1.24. The average molecular weight is 278 g/mol. The number of hydrogen-bond acceptors (Lipinski definition) is 3. The first-order valence-corrected chi connectivity index (χ1v) is 7.34. The lowest BCUT2D eigenvalue weighted by Crippen LogP contribution is -2.27. The van der Waals surface area contributed by atoms with Crippen molar-refractivity contribution in [3.05, 3.63) is 48.5 Å². The normalized spacial score (nSPS) is 19.1. The van der Waals surface area contributed by atoms with E-state index in [0.29, 0.717) is 0 Å². The van der Waals surface area contributed by atoms with Gasteiger partial charge >= 0.3 is 0 Å². The van der Waals surface area contributed by atoms with E-state index in [1.54, 1.807) is 0 Å². The third-order valence-corrected chi connectivity index (χ3v) is 4.02. The zero-order valence-corrected chi connectivity index (χ0v) is 13.1. The summed E-state index contributed by atoms with van der Waals surface area (Å²) < 4.78 is 16.0. The number of hydrogen-bond donors (Lipinski definition) is 0. The fraction of sp³-hybridized carbons (Fsp3) is 0.400. The van der Waals surface area contributed by atoms with Gasteiger partial charge in [0, 0.05) is 23.7 Å². The number of rotatable bonds is 3. The molecule has 1 aliphatic rings. The fourth-order valence-electron chi connectivity index (χ4n) is 1.38. The molecule has 1 aliphatic heterocycles. The van der Waals surface area contributed by atoms with E-state index in [1.165, 1.54) is 0 Å². The van der Waals surface area contributed by atoms with Crippen LogP contribution in [0.15, 0.2) is 52.9 Å². The van der Waals surface area contributed by atoms with E-state index in [1.807, 2.05) is 70.1 Å². The predicted molar refractivity (Wildman–Crippen MR) is 84.0 cm³/mol. The van der Waals surface area contributed by atoms with Crippen LogP contribution < -0.4 is 0 Å². The highest BCUT2D eigenvalue weighted by Crippen LogP contribution is 2.21. The second-order valence-corrected chi connectivity index (χ2v) is 7.24. The van der Waals surface area contributed by atoms with Crippen LogP contribution in [0.5, 0.6) is 0 Å². The molecule has 0 bridgehead atoms. The first-order chi connectivity index (χ1) is 8.75. The second-order valence-electron chi connectivity index (χ2n) is 5.34. The van der Waals surface area contributed by atoms with Gasteiger partial charge in [-0.3, -0.25) is 0 Å². The van der Waals surface area contributed by atoms with Crippen LogP contribution in [-0.2, 0) is 11.4 Å². The lowest BCUT2D eigenvalue weighted by Gasteiger charge is -2.22. The van der Waals surface area contributed by atoms with Gasteiger partial charge < -0.3 is 9.45 Å². The molecule has 0 aromatic rings. The topological polar surface area (TPSA) is 38.7 Å². The molecule has 1 rings (SSSR count). The van der Waals surface area contributed by atoms with E-state index < -0.39 is 11.4 Å². The van der Waals surface area contributed by atoms with Crippen molar-refractivity contribution in [2.75, 3.05) is 0 Å². The van der Waals surface area contributed by atoms with Crippen molar-refractivity contribution in [2.24, 2.45) is 4.40 Å². The van der Waals surface area contributed by atoms with Gasteiger partial charge in [-0.2, -0.15) is 0 Å². The summed E-state index contributed by atoms with van der Waals surface area (Å²) in [5, 5.41) is 0. The molecule has 0 fully saturated rings. The van der Waals surface area contributed by atoms with Crippen LogP contribution >= 0.6 is 0 Å². The fourth-order valence-corrected chi connectivity index (χ4v) is 2.00. The number of allylic oxidation sites excluding steroid dienone is 4. The third-order valence-electron chi connectivity index (χ3n) is 2.54. The molecule has 1 atom stereocenters. The molecule has 0 spiro atoms. The maximum Gasteiger partial charge on any atom is 0.144 e. The van der Waals surface area contributed by atoms with Crippen molar-refractivity contribution < 1.29 is 4.55 Å². The Balaban J connectivity index is 2.97. The monoisotopic (exact) mass is 278 g/mol. The van der Waals surface area contributed by atoms with Crippen molar-refractivity contribution in [3.8, 4) is 0 Å². The SMILES string of the molecule is C=C1C=CC(/C(C)=N/[S+]([O-])C(C)(C)C)=CN1/C=C\C. The van der Waals surface area contributed by atoms with Crippen LogP contribution in [0.25, 0.3) is 0 Å². The van der Waals surface area contributed by atoms with Crippen molar-refractivity contribution in [2.45, 2.75) is 39.4 Å². The summed E-state index contributed by atoms with van der Waals surface area (Å²) >= 11 is -1.24. The lowest BCUT2D eigenvalue weighted by molar-refractivity contribution is 0.561.